The van der Waals surface area contributed by atoms with Crippen LogP contribution in [-0.2, 0) is 6.54 Å². The molecule has 0 saturated carbocycles. The van der Waals surface area contributed by atoms with Gasteiger partial charge in [0.25, 0.3) is 0 Å². The number of pyridine rings is 1. The second kappa shape index (κ2) is 5.08. The zero-order valence-electron chi connectivity index (χ0n) is 9.90. The molecule has 2 aromatic rings. The Bertz CT molecular complexity index is 460. The maximum Gasteiger partial charge on any atom is 0.0346 e. The normalized spacial score (nSPS) is 12.9. The fraction of sp³-hybridized carbons (Fsp3) is 0.357. The molecule has 2 heteroatoms. The summed E-state index contributed by atoms with van der Waals surface area (Å²) in [5.74, 6) is 0. The van der Waals surface area contributed by atoms with Gasteiger partial charge in [-0.2, -0.15) is 0 Å². The zero-order chi connectivity index (χ0) is 11.4. The predicted octanol–water partition coefficient (Wildman–Crippen LogP) is 3.12. The van der Waals surface area contributed by atoms with Gasteiger partial charge in [-0.15, -0.1) is 0 Å². The summed E-state index contributed by atoms with van der Waals surface area (Å²) in [4.78, 5) is 4.14. The summed E-state index contributed by atoms with van der Waals surface area (Å²) in [6.07, 6.45) is 4.93. The van der Waals surface area contributed by atoms with Crippen LogP contribution in [0.25, 0.3) is 10.8 Å². The largest absolute Gasteiger partial charge is 0.310 e. The van der Waals surface area contributed by atoms with Crippen LogP contribution in [0.3, 0.4) is 0 Å². The lowest BCUT2D eigenvalue weighted by Crippen LogP contribution is -2.24. The van der Waals surface area contributed by atoms with Gasteiger partial charge in [0.05, 0.1) is 0 Å². The fourth-order valence-electron chi connectivity index (χ4n) is 1.77. The highest BCUT2D eigenvalue weighted by Crippen LogP contribution is 2.17. The Morgan fingerprint density at radius 1 is 1.31 bits per heavy atom. The van der Waals surface area contributed by atoms with E-state index in [1.54, 1.807) is 0 Å². The third-order valence-corrected chi connectivity index (χ3v) is 3.02. The molecule has 0 aliphatic heterocycles. The van der Waals surface area contributed by atoms with Gasteiger partial charge in [0.2, 0.25) is 0 Å². The van der Waals surface area contributed by atoms with Gasteiger partial charge >= 0.3 is 0 Å². The maximum atomic E-state index is 4.14. The molecule has 0 fully saturated rings. The lowest BCUT2D eigenvalue weighted by molar-refractivity contribution is 0.535. The molecule has 0 bridgehead atoms. The fourth-order valence-corrected chi connectivity index (χ4v) is 1.77. The molecule has 1 atom stereocenters. The Balaban J connectivity index is 2.23. The highest BCUT2D eigenvalue weighted by Gasteiger charge is 2.02. The van der Waals surface area contributed by atoms with E-state index in [9.17, 15) is 0 Å². The molecule has 1 heterocycles. The van der Waals surface area contributed by atoms with Gasteiger partial charge < -0.3 is 5.32 Å². The topological polar surface area (TPSA) is 24.9 Å². The third kappa shape index (κ3) is 2.39. The van der Waals surface area contributed by atoms with Gasteiger partial charge in [-0.1, -0.05) is 25.1 Å². The molecule has 16 heavy (non-hydrogen) atoms. The average Bonchev–Trinajstić information content (AvgIpc) is 2.35. The number of nitrogens with zero attached hydrogens (tertiary/aromatic N) is 1. The molecule has 1 aromatic heterocycles. The van der Waals surface area contributed by atoms with Crippen molar-refractivity contribution in [1.29, 1.82) is 0 Å². The minimum atomic E-state index is 0.567. The van der Waals surface area contributed by atoms with E-state index < -0.39 is 0 Å². The van der Waals surface area contributed by atoms with Crippen LogP contribution in [-0.4, -0.2) is 11.0 Å². The maximum absolute atomic E-state index is 4.14. The Hall–Kier alpha value is -1.41. The minimum absolute atomic E-state index is 0.567. The molecular formula is C14H18N2. The van der Waals surface area contributed by atoms with Crippen molar-refractivity contribution in [2.45, 2.75) is 32.9 Å². The van der Waals surface area contributed by atoms with Crippen LogP contribution < -0.4 is 5.32 Å². The van der Waals surface area contributed by atoms with E-state index in [0.29, 0.717) is 6.04 Å². The Morgan fingerprint density at radius 2 is 2.19 bits per heavy atom. The molecule has 0 aliphatic carbocycles. The highest BCUT2D eigenvalue weighted by atomic mass is 14.9. The summed E-state index contributed by atoms with van der Waals surface area (Å²) in [5, 5.41) is 6.03. The van der Waals surface area contributed by atoms with E-state index in [0.717, 1.165) is 13.0 Å². The molecule has 0 amide bonds. The van der Waals surface area contributed by atoms with Crippen molar-refractivity contribution >= 4 is 10.8 Å². The number of hydrogen-bond acceptors (Lipinski definition) is 2. The highest BCUT2D eigenvalue weighted by molar-refractivity contribution is 5.84. The van der Waals surface area contributed by atoms with Crippen LogP contribution in [0.4, 0.5) is 0 Å². The number of nitrogens with one attached hydrogen (secondary N) is 1. The summed E-state index contributed by atoms with van der Waals surface area (Å²) in [6, 6.07) is 9.03. The molecular weight excluding hydrogens is 196 g/mol. The van der Waals surface area contributed by atoms with Crippen LogP contribution in [0, 0.1) is 0 Å². The summed E-state index contributed by atoms with van der Waals surface area (Å²) >= 11 is 0. The number of rotatable bonds is 4. The Labute approximate surface area is 96.7 Å². The van der Waals surface area contributed by atoms with Gasteiger partial charge in [0.15, 0.2) is 0 Å². The predicted molar refractivity (Wildman–Crippen MR) is 68.3 cm³/mol. The summed E-state index contributed by atoms with van der Waals surface area (Å²) in [5.41, 5.74) is 1.35. The molecule has 1 N–H and O–H groups in total. The Morgan fingerprint density at radius 3 is 3.00 bits per heavy atom. The standard InChI is InChI=1S/C14H18N2/c1-3-11(2)16-10-13-6-4-5-12-9-15-8-7-14(12)13/h4-9,11,16H,3,10H2,1-2H3. The van der Waals surface area contributed by atoms with Gasteiger partial charge in [0.1, 0.15) is 0 Å². The van der Waals surface area contributed by atoms with Crippen molar-refractivity contribution in [3.63, 3.8) is 0 Å². The van der Waals surface area contributed by atoms with Crippen LogP contribution in [0.5, 0.6) is 0 Å². The van der Waals surface area contributed by atoms with E-state index in [2.05, 4.69) is 48.4 Å². The van der Waals surface area contributed by atoms with Crippen LogP contribution in [0.1, 0.15) is 25.8 Å². The Kier molecular flexibility index (Phi) is 3.52. The average molecular weight is 214 g/mol. The monoisotopic (exact) mass is 214 g/mol. The van der Waals surface area contributed by atoms with E-state index in [1.807, 2.05) is 12.4 Å². The first-order valence-electron chi connectivity index (χ1n) is 5.86. The zero-order valence-corrected chi connectivity index (χ0v) is 9.90. The van der Waals surface area contributed by atoms with Gasteiger partial charge in [-0.3, -0.25) is 4.98 Å². The quantitative estimate of drug-likeness (QED) is 0.845. The third-order valence-electron chi connectivity index (χ3n) is 3.02. The van der Waals surface area contributed by atoms with E-state index >= 15 is 0 Å². The van der Waals surface area contributed by atoms with Crippen molar-refractivity contribution in [1.82, 2.24) is 10.3 Å². The molecule has 0 aliphatic rings. The molecule has 2 rings (SSSR count). The van der Waals surface area contributed by atoms with Crippen molar-refractivity contribution in [2.24, 2.45) is 0 Å². The molecule has 0 spiro atoms. The van der Waals surface area contributed by atoms with Crippen molar-refractivity contribution in [2.75, 3.05) is 0 Å². The van der Waals surface area contributed by atoms with Gasteiger partial charge in [0, 0.05) is 30.4 Å². The van der Waals surface area contributed by atoms with Crippen LogP contribution >= 0.6 is 0 Å². The van der Waals surface area contributed by atoms with Crippen molar-refractivity contribution in [3.05, 3.63) is 42.2 Å². The second-order valence-electron chi connectivity index (χ2n) is 4.20. The summed E-state index contributed by atoms with van der Waals surface area (Å²) < 4.78 is 0. The van der Waals surface area contributed by atoms with Gasteiger partial charge in [-0.25, -0.2) is 0 Å². The smallest absolute Gasteiger partial charge is 0.0346 e. The van der Waals surface area contributed by atoms with E-state index in [-0.39, 0.29) is 0 Å². The first kappa shape index (κ1) is 11.1. The number of hydrogen-bond donors (Lipinski definition) is 1. The molecule has 0 saturated heterocycles. The lowest BCUT2D eigenvalue weighted by Gasteiger charge is -2.12. The number of benzene rings is 1. The molecule has 84 valence electrons. The number of aromatic nitrogens is 1. The SMILES string of the molecule is CCC(C)NCc1cccc2cnccc12. The van der Waals surface area contributed by atoms with Gasteiger partial charge in [-0.05, 0) is 30.4 Å². The first-order valence-corrected chi connectivity index (χ1v) is 5.86. The lowest BCUT2D eigenvalue weighted by atomic mass is 10.1. The number of fused-ring (bicyclic) bond motifs is 1. The summed E-state index contributed by atoms with van der Waals surface area (Å²) in [6.45, 7) is 5.34. The minimum Gasteiger partial charge on any atom is -0.310 e. The van der Waals surface area contributed by atoms with Crippen LogP contribution in [0.15, 0.2) is 36.7 Å². The second-order valence-corrected chi connectivity index (χ2v) is 4.20. The van der Waals surface area contributed by atoms with E-state index in [1.165, 1.54) is 16.3 Å². The summed E-state index contributed by atoms with van der Waals surface area (Å²) in [7, 11) is 0. The molecule has 1 unspecified atom stereocenters. The molecule has 1 aromatic carbocycles. The van der Waals surface area contributed by atoms with Crippen molar-refractivity contribution < 1.29 is 0 Å². The van der Waals surface area contributed by atoms with Crippen molar-refractivity contribution in [3.8, 4) is 0 Å². The molecule has 2 nitrogen and oxygen atoms in total. The van der Waals surface area contributed by atoms with E-state index in [4.69, 9.17) is 0 Å². The van der Waals surface area contributed by atoms with Crippen LogP contribution in [0.2, 0.25) is 0 Å². The molecule has 0 radical (unpaired) electrons. The first-order chi connectivity index (χ1) is 7.81.